The van der Waals surface area contributed by atoms with E-state index in [0.29, 0.717) is 6.04 Å². The van der Waals surface area contributed by atoms with E-state index in [0.717, 1.165) is 25.3 Å². The molecule has 92 valence electrons. The Morgan fingerprint density at radius 2 is 2.19 bits per heavy atom. The summed E-state index contributed by atoms with van der Waals surface area (Å²) >= 11 is 0. The van der Waals surface area contributed by atoms with Gasteiger partial charge in [-0.1, -0.05) is 13.3 Å². The number of rotatable bonds is 5. The minimum Gasteiger partial charge on any atom is -0.355 e. The third-order valence-corrected chi connectivity index (χ3v) is 3.74. The molecule has 2 aliphatic rings. The maximum Gasteiger partial charge on any atom is 0.237 e. The summed E-state index contributed by atoms with van der Waals surface area (Å²) in [7, 11) is 0. The van der Waals surface area contributed by atoms with Gasteiger partial charge in [-0.05, 0) is 44.4 Å². The molecule has 3 heteroatoms. The zero-order valence-corrected chi connectivity index (χ0v) is 10.3. The average molecular weight is 224 g/mol. The molecule has 2 unspecified atom stereocenters. The smallest absolute Gasteiger partial charge is 0.237 e. The van der Waals surface area contributed by atoms with Crippen molar-refractivity contribution < 1.29 is 4.79 Å². The quantitative estimate of drug-likeness (QED) is 0.748. The highest BCUT2D eigenvalue weighted by molar-refractivity contribution is 5.81. The van der Waals surface area contributed by atoms with Crippen LogP contribution in [0.25, 0.3) is 0 Å². The van der Waals surface area contributed by atoms with Crippen LogP contribution < -0.4 is 10.6 Å². The minimum absolute atomic E-state index is 0.0691. The lowest BCUT2D eigenvalue weighted by molar-refractivity contribution is -0.123. The van der Waals surface area contributed by atoms with Gasteiger partial charge in [0.25, 0.3) is 0 Å². The molecule has 2 rings (SSSR count). The normalized spacial score (nSPS) is 28.3. The highest BCUT2D eigenvalue weighted by atomic mass is 16.2. The highest BCUT2D eigenvalue weighted by Gasteiger charge is 2.33. The van der Waals surface area contributed by atoms with E-state index in [9.17, 15) is 4.79 Å². The Labute approximate surface area is 98.4 Å². The maximum atomic E-state index is 11.8. The number of nitrogens with one attached hydrogen (secondary N) is 2. The molecule has 0 radical (unpaired) electrons. The third kappa shape index (κ3) is 3.21. The van der Waals surface area contributed by atoms with Crippen LogP contribution >= 0.6 is 0 Å². The van der Waals surface area contributed by atoms with Crippen molar-refractivity contribution in [2.24, 2.45) is 5.92 Å². The molecular formula is C13H24N2O. The van der Waals surface area contributed by atoms with Crippen molar-refractivity contribution >= 4 is 5.91 Å². The van der Waals surface area contributed by atoms with Gasteiger partial charge in [0.2, 0.25) is 5.91 Å². The van der Waals surface area contributed by atoms with Gasteiger partial charge in [0.15, 0.2) is 0 Å². The first kappa shape index (κ1) is 11.9. The zero-order valence-electron chi connectivity index (χ0n) is 10.3. The van der Waals surface area contributed by atoms with E-state index < -0.39 is 0 Å². The van der Waals surface area contributed by atoms with Crippen LogP contribution in [0.4, 0.5) is 0 Å². The van der Waals surface area contributed by atoms with Gasteiger partial charge < -0.3 is 10.6 Å². The standard InChI is InChI=1S/C13H24N2O/c1-2-5-11(10-7-8-10)15-12-6-3-4-9-14-13(12)16/h10-12,15H,2-9H2,1H3,(H,14,16). The van der Waals surface area contributed by atoms with Crippen LogP contribution in [0, 0.1) is 5.92 Å². The lowest BCUT2D eigenvalue weighted by atomic mass is 10.0. The van der Waals surface area contributed by atoms with Crippen molar-refractivity contribution in [1.29, 1.82) is 0 Å². The van der Waals surface area contributed by atoms with Crippen LogP contribution in [0.1, 0.15) is 51.9 Å². The van der Waals surface area contributed by atoms with E-state index in [1.165, 1.54) is 32.1 Å². The number of carbonyl (C=O) groups excluding carboxylic acids is 1. The van der Waals surface area contributed by atoms with Crippen molar-refractivity contribution in [1.82, 2.24) is 10.6 Å². The van der Waals surface area contributed by atoms with Gasteiger partial charge >= 0.3 is 0 Å². The Balaban J connectivity index is 1.86. The first-order valence-corrected chi connectivity index (χ1v) is 6.85. The summed E-state index contributed by atoms with van der Waals surface area (Å²) in [5, 5.41) is 6.60. The Hall–Kier alpha value is -0.570. The molecule has 1 aliphatic heterocycles. The molecule has 0 aromatic carbocycles. The van der Waals surface area contributed by atoms with E-state index >= 15 is 0 Å². The Bertz CT molecular complexity index is 238. The molecule has 0 aromatic heterocycles. The molecular weight excluding hydrogens is 200 g/mol. The predicted octanol–water partition coefficient (Wildman–Crippen LogP) is 1.82. The molecule has 1 saturated carbocycles. The predicted molar refractivity (Wildman–Crippen MR) is 65.2 cm³/mol. The van der Waals surface area contributed by atoms with Crippen molar-refractivity contribution in [2.45, 2.75) is 64.0 Å². The SMILES string of the molecule is CCCC(NC1CCCCNC1=O)C1CC1. The molecule has 3 nitrogen and oxygen atoms in total. The fourth-order valence-electron chi connectivity index (χ4n) is 2.62. The molecule has 0 spiro atoms. The molecule has 1 aliphatic carbocycles. The summed E-state index contributed by atoms with van der Waals surface area (Å²) in [5.41, 5.74) is 0. The lowest BCUT2D eigenvalue weighted by Gasteiger charge is -2.23. The second-order valence-corrected chi connectivity index (χ2v) is 5.24. The van der Waals surface area contributed by atoms with E-state index in [-0.39, 0.29) is 11.9 Å². The summed E-state index contributed by atoms with van der Waals surface area (Å²) in [6, 6.07) is 0.651. The third-order valence-electron chi connectivity index (χ3n) is 3.74. The second-order valence-electron chi connectivity index (χ2n) is 5.24. The van der Waals surface area contributed by atoms with Crippen molar-refractivity contribution in [2.75, 3.05) is 6.54 Å². The first-order chi connectivity index (χ1) is 7.81. The summed E-state index contributed by atoms with van der Waals surface area (Å²) in [4.78, 5) is 11.8. The Morgan fingerprint density at radius 3 is 2.88 bits per heavy atom. The molecule has 0 bridgehead atoms. The Kier molecular flexibility index (Phi) is 4.22. The fourth-order valence-corrected chi connectivity index (χ4v) is 2.62. The van der Waals surface area contributed by atoms with Gasteiger partial charge in [0.1, 0.15) is 0 Å². The van der Waals surface area contributed by atoms with Gasteiger partial charge in [-0.15, -0.1) is 0 Å². The number of carbonyl (C=O) groups is 1. The van der Waals surface area contributed by atoms with Gasteiger partial charge in [-0.25, -0.2) is 0 Å². The summed E-state index contributed by atoms with van der Waals surface area (Å²) in [6.07, 6.45) is 8.44. The molecule has 1 amide bonds. The van der Waals surface area contributed by atoms with Crippen molar-refractivity contribution in [3.8, 4) is 0 Å². The maximum absolute atomic E-state index is 11.8. The molecule has 2 atom stereocenters. The second kappa shape index (κ2) is 5.67. The van der Waals surface area contributed by atoms with Gasteiger partial charge in [-0.2, -0.15) is 0 Å². The number of hydrogen-bond acceptors (Lipinski definition) is 2. The Morgan fingerprint density at radius 1 is 1.38 bits per heavy atom. The van der Waals surface area contributed by atoms with Crippen LogP contribution in [-0.4, -0.2) is 24.5 Å². The summed E-state index contributed by atoms with van der Waals surface area (Å²) in [5.74, 6) is 1.07. The van der Waals surface area contributed by atoms with Crippen LogP contribution in [0.5, 0.6) is 0 Å². The summed E-state index contributed by atoms with van der Waals surface area (Å²) < 4.78 is 0. The molecule has 2 fully saturated rings. The zero-order chi connectivity index (χ0) is 11.4. The van der Waals surface area contributed by atoms with Gasteiger partial charge in [-0.3, -0.25) is 4.79 Å². The molecule has 2 N–H and O–H groups in total. The van der Waals surface area contributed by atoms with Crippen LogP contribution in [0.15, 0.2) is 0 Å². The monoisotopic (exact) mass is 224 g/mol. The number of hydrogen-bond donors (Lipinski definition) is 2. The largest absolute Gasteiger partial charge is 0.355 e. The molecule has 16 heavy (non-hydrogen) atoms. The van der Waals surface area contributed by atoms with Crippen LogP contribution in [0.2, 0.25) is 0 Å². The highest BCUT2D eigenvalue weighted by Crippen LogP contribution is 2.34. The minimum atomic E-state index is 0.0691. The molecule has 0 aromatic rings. The number of amides is 1. The van der Waals surface area contributed by atoms with E-state index in [1.54, 1.807) is 0 Å². The van der Waals surface area contributed by atoms with Gasteiger partial charge in [0, 0.05) is 12.6 Å². The lowest BCUT2D eigenvalue weighted by Crippen LogP contribution is -2.48. The molecule has 1 heterocycles. The first-order valence-electron chi connectivity index (χ1n) is 6.85. The topological polar surface area (TPSA) is 41.1 Å². The van der Waals surface area contributed by atoms with E-state index in [4.69, 9.17) is 0 Å². The van der Waals surface area contributed by atoms with Crippen LogP contribution in [0.3, 0.4) is 0 Å². The van der Waals surface area contributed by atoms with E-state index in [1.807, 2.05) is 0 Å². The average Bonchev–Trinajstić information content (AvgIpc) is 3.07. The molecule has 1 saturated heterocycles. The van der Waals surface area contributed by atoms with Crippen molar-refractivity contribution in [3.63, 3.8) is 0 Å². The van der Waals surface area contributed by atoms with Crippen LogP contribution in [-0.2, 0) is 4.79 Å². The summed E-state index contributed by atoms with van der Waals surface area (Å²) in [6.45, 7) is 3.09. The van der Waals surface area contributed by atoms with Crippen molar-refractivity contribution in [3.05, 3.63) is 0 Å². The van der Waals surface area contributed by atoms with Gasteiger partial charge in [0.05, 0.1) is 6.04 Å². The van der Waals surface area contributed by atoms with E-state index in [2.05, 4.69) is 17.6 Å². The fraction of sp³-hybridized carbons (Fsp3) is 0.923.